The van der Waals surface area contributed by atoms with E-state index in [-0.39, 0.29) is 17.5 Å². The zero-order valence-corrected chi connectivity index (χ0v) is 10.2. The predicted octanol–water partition coefficient (Wildman–Crippen LogP) is 1.10. The first-order valence-electron chi connectivity index (χ1n) is 4.48. The van der Waals surface area contributed by atoms with E-state index in [1.807, 2.05) is 0 Å². The maximum atomic E-state index is 11.0. The summed E-state index contributed by atoms with van der Waals surface area (Å²) in [5.74, 6) is 0.164. The summed E-state index contributed by atoms with van der Waals surface area (Å²) >= 11 is 10.8. The van der Waals surface area contributed by atoms with E-state index in [2.05, 4.69) is 5.32 Å². The summed E-state index contributed by atoms with van der Waals surface area (Å²) in [6.07, 6.45) is 0. The fraction of sp³-hybridized carbons (Fsp3) is 0.200. The summed E-state index contributed by atoms with van der Waals surface area (Å²) in [6, 6.07) is 5.01. The van der Waals surface area contributed by atoms with Crippen molar-refractivity contribution in [1.82, 2.24) is 5.32 Å². The number of ether oxygens (including phenoxy) is 1. The van der Waals surface area contributed by atoms with Crippen molar-refractivity contribution in [3.63, 3.8) is 0 Å². The Morgan fingerprint density at radius 1 is 1.62 bits per heavy atom. The van der Waals surface area contributed by atoms with Crippen molar-refractivity contribution in [2.45, 2.75) is 0 Å². The van der Waals surface area contributed by atoms with Crippen LogP contribution in [0, 0.1) is 0 Å². The summed E-state index contributed by atoms with van der Waals surface area (Å²) in [6.45, 7) is -0.105. The fourth-order valence-corrected chi connectivity index (χ4v) is 1.61. The fourth-order valence-electron chi connectivity index (χ4n) is 1.08. The van der Waals surface area contributed by atoms with E-state index < -0.39 is 0 Å². The molecule has 6 heteroatoms. The standard InChI is InChI=1S/C10H11ClN2O2S/c1-13-8(14)5-15-7-4-2-3-6(11)9(7)10(12)16/h2-4H,5H2,1H3,(H2,12,16)(H,13,14). The van der Waals surface area contributed by atoms with Gasteiger partial charge in [-0.15, -0.1) is 0 Å². The second-order valence-electron chi connectivity index (χ2n) is 2.94. The van der Waals surface area contributed by atoms with Crippen LogP contribution in [0.2, 0.25) is 5.02 Å². The molecule has 0 aliphatic carbocycles. The van der Waals surface area contributed by atoms with Gasteiger partial charge in [0, 0.05) is 7.05 Å². The lowest BCUT2D eigenvalue weighted by molar-refractivity contribution is -0.122. The topological polar surface area (TPSA) is 64.3 Å². The SMILES string of the molecule is CNC(=O)COc1cccc(Cl)c1C(N)=S. The van der Waals surface area contributed by atoms with Gasteiger partial charge >= 0.3 is 0 Å². The smallest absolute Gasteiger partial charge is 0.257 e. The van der Waals surface area contributed by atoms with E-state index in [1.165, 1.54) is 7.05 Å². The van der Waals surface area contributed by atoms with E-state index in [0.717, 1.165) is 0 Å². The summed E-state index contributed by atoms with van der Waals surface area (Å²) in [7, 11) is 1.53. The lowest BCUT2D eigenvalue weighted by atomic mass is 10.2. The molecule has 1 aromatic carbocycles. The van der Waals surface area contributed by atoms with Crippen molar-refractivity contribution in [2.75, 3.05) is 13.7 Å². The van der Waals surface area contributed by atoms with Crippen LogP contribution in [0.5, 0.6) is 5.75 Å². The number of thiocarbonyl (C=S) groups is 1. The van der Waals surface area contributed by atoms with Crippen molar-refractivity contribution in [2.24, 2.45) is 5.73 Å². The Hall–Kier alpha value is -1.33. The van der Waals surface area contributed by atoms with E-state index in [4.69, 9.17) is 34.3 Å². The Bertz CT molecular complexity index is 423. The Kier molecular flexibility index (Phi) is 4.52. The number of halogens is 1. The Morgan fingerprint density at radius 2 is 2.31 bits per heavy atom. The Morgan fingerprint density at radius 3 is 2.88 bits per heavy atom. The summed E-state index contributed by atoms with van der Waals surface area (Å²) < 4.78 is 5.27. The Balaban J connectivity index is 2.91. The number of carbonyl (C=O) groups excluding carboxylic acids is 1. The van der Waals surface area contributed by atoms with E-state index in [0.29, 0.717) is 16.3 Å². The van der Waals surface area contributed by atoms with Gasteiger partial charge in [0.2, 0.25) is 0 Å². The minimum Gasteiger partial charge on any atom is -0.483 e. The molecule has 1 aromatic rings. The minimum atomic E-state index is -0.242. The van der Waals surface area contributed by atoms with Gasteiger partial charge in [0.05, 0.1) is 10.6 Å². The number of rotatable bonds is 4. The molecule has 0 bridgehead atoms. The van der Waals surface area contributed by atoms with E-state index in [1.54, 1.807) is 18.2 Å². The van der Waals surface area contributed by atoms with Crippen molar-refractivity contribution in [3.8, 4) is 5.75 Å². The first-order valence-corrected chi connectivity index (χ1v) is 5.26. The summed E-state index contributed by atoms with van der Waals surface area (Å²) in [5.41, 5.74) is 5.97. The molecule has 0 unspecified atom stereocenters. The molecule has 4 nitrogen and oxygen atoms in total. The molecule has 0 atom stereocenters. The molecule has 0 aromatic heterocycles. The zero-order chi connectivity index (χ0) is 12.1. The van der Waals surface area contributed by atoms with Crippen LogP contribution in [0.4, 0.5) is 0 Å². The van der Waals surface area contributed by atoms with E-state index in [9.17, 15) is 4.79 Å². The van der Waals surface area contributed by atoms with Gasteiger partial charge in [-0.25, -0.2) is 0 Å². The Labute approximate surface area is 104 Å². The molecular formula is C10H11ClN2O2S. The van der Waals surface area contributed by atoms with Gasteiger partial charge in [-0.2, -0.15) is 0 Å². The van der Waals surface area contributed by atoms with Gasteiger partial charge in [0.15, 0.2) is 6.61 Å². The highest BCUT2D eigenvalue weighted by Crippen LogP contribution is 2.26. The third-order valence-corrected chi connectivity index (χ3v) is 2.38. The zero-order valence-electron chi connectivity index (χ0n) is 8.62. The molecule has 0 saturated heterocycles. The molecule has 16 heavy (non-hydrogen) atoms. The molecule has 0 aliphatic rings. The average Bonchev–Trinajstić information content (AvgIpc) is 2.25. The lowest BCUT2D eigenvalue weighted by Crippen LogP contribution is -2.25. The van der Waals surface area contributed by atoms with Gasteiger partial charge in [-0.05, 0) is 12.1 Å². The molecule has 0 radical (unpaired) electrons. The van der Waals surface area contributed by atoms with Crippen LogP contribution in [-0.2, 0) is 4.79 Å². The molecule has 0 heterocycles. The molecule has 1 amide bonds. The molecule has 1 rings (SSSR count). The predicted molar refractivity (Wildman–Crippen MR) is 66.9 cm³/mol. The number of nitrogens with two attached hydrogens (primary N) is 1. The molecule has 0 fully saturated rings. The van der Waals surface area contributed by atoms with Crippen LogP contribution in [0.25, 0.3) is 0 Å². The van der Waals surface area contributed by atoms with Crippen LogP contribution >= 0.6 is 23.8 Å². The molecule has 0 spiro atoms. The van der Waals surface area contributed by atoms with Gasteiger partial charge in [0.25, 0.3) is 5.91 Å². The monoisotopic (exact) mass is 258 g/mol. The molecule has 0 saturated carbocycles. The van der Waals surface area contributed by atoms with Crippen molar-refractivity contribution in [1.29, 1.82) is 0 Å². The summed E-state index contributed by atoms with van der Waals surface area (Å²) in [5, 5.41) is 2.84. The highest BCUT2D eigenvalue weighted by Gasteiger charge is 2.11. The van der Waals surface area contributed by atoms with Gasteiger partial charge < -0.3 is 15.8 Å². The first kappa shape index (κ1) is 12.7. The largest absolute Gasteiger partial charge is 0.483 e. The number of hydrogen-bond donors (Lipinski definition) is 2. The lowest BCUT2D eigenvalue weighted by Gasteiger charge is -2.11. The van der Waals surface area contributed by atoms with Crippen LogP contribution in [0.1, 0.15) is 5.56 Å². The maximum absolute atomic E-state index is 11.0. The quantitative estimate of drug-likeness (QED) is 0.794. The molecule has 3 N–H and O–H groups in total. The van der Waals surface area contributed by atoms with Crippen LogP contribution in [-0.4, -0.2) is 24.6 Å². The normalized spacial score (nSPS) is 9.62. The third-order valence-electron chi connectivity index (χ3n) is 1.86. The highest BCUT2D eigenvalue weighted by atomic mass is 35.5. The molecule has 86 valence electrons. The second-order valence-corrected chi connectivity index (χ2v) is 3.79. The van der Waals surface area contributed by atoms with Crippen LogP contribution < -0.4 is 15.8 Å². The first-order chi connectivity index (χ1) is 7.56. The number of likely N-dealkylation sites (N-methyl/N-ethyl adjacent to an activating group) is 1. The minimum absolute atomic E-state index is 0.105. The number of hydrogen-bond acceptors (Lipinski definition) is 3. The van der Waals surface area contributed by atoms with Crippen molar-refractivity contribution >= 4 is 34.7 Å². The van der Waals surface area contributed by atoms with Gasteiger partial charge in [-0.1, -0.05) is 29.9 Å². The van der Waals surface area contributed by atoms with E-state index >= 15 is 0 Å². The molecular weight excluding hydrogens is 248 g/mol. The molecule has 0 aliphatic heterocycles. The third kappa shape index (κ3) is 3.08. The number of carbonyl (C=O) groups is 1. The number of benzene rings is 1. The van der Waals surface area contributed by atoms with Crippen LogP contribution in [0.3, 0.4) is 0 Å². The second kappa shape index (κ2) is 5.67. The van der Waals surface area contributed by atoms with Crippen LogP contribution in [0.15, 0.2) is 18.2 Å². The summed E-state index contributed by atoms with van der Waals surface area (Å²) in [4.78, 5) is 11.2. The number of nitrogens with one attached hydrogen (secondary N) is 1. The van der Waals surface area contributed by atoms with Gasteiger partial charge in [0.1, 0.15) is 10.7 Å². The highest BCUT2D eigenvalue weighted by molar-refractivity contribution is 7.80. The van der Waals surface area contributed by atoms with Crippen molar-refractivity contribution < 1.29 is 9.53 Å². The van der Waals surface area contributed by atoms with Crippen molar-refractivity contribution in [3.05, 3.63) is 28.8 Å². The maximum Gasteiger partial charge on any atom is 0.257 e. The number of amides is 1. The van der Waals surface area contributed by atoms with Gasteiger partial charge in [-0.3, -0.25) is 4.79 Å². The average molecular weight is 259 g/mol.